The van der Waals surface area contributed by atoms with Gasteiger partial charge in [0, 0.05) is 22.0 Å². The zero-order chi connectivity index (χ0) is 28.0. The average molecular weight is 572 g/mol. The molecule has 40 heavy (non-hydrogen) atoms. The molecule has 0 bridgehead atoms. The highest BCUT2D eigenvalue weighted by Gasteiger charge is 2.57. The maximum atomic E-state index is 14.0. The van der Waals surface area contributed by atoms with Crippen molar-refractivity contribution in [1.29, 1.82) is 0 Å². The quantitative estimate of drug-likeness (QED) is 0.338. The topological polar surface area (TPSA) is 97.7 Å². The number of anilines is 2. The Hall–Kier alpha value is -4.15. The van der Waals surface area contributed by atoms with Crippen LogP contribution in [0.15, 0.2) is 88.7 Å². The van der Waals surface area contributed by atoms with E-state index >= 15 is 0 Å². The Balaban J connectivity index is 1.44. The van der Waals surface area contributed by atoms with Gasteiger partial charge in [-0.3, -0.25) is 23.7 Å². The van der Waals surface area contributed by atoms with Gasteiger partial charge >= 0.3 is 4.87 Å². The molecule has 3 heterocycles. The third-order valence-electron chi connectivity index (χ3n) is 7.17. The van der Waals surface area contributed by atoms with Gasteiger partial charge in [0.15, 0.2) is 0 Å². The van der Waals surface area contributed by atoms with E-state index in [0.717, 1.165) is 22.5 Å². The van der Waals surface area contributed by atoms with Gasteiger partial charge in [0.25, 0.3) is 0 Å². The van der Waals surface area contributed by atoms with Gasteiger partial charge in [0.2, 0.25) is 17.7 Å². The lowest BCUT2D eigenvalue weighted by molar-refractivity contribution is -0.122. The van der Waals surface area contributed by atoms with Crippen LogP contribution in [-0.2, 0) is 20.9 Å². The first-order valence-electron chi connectivity index (χ1n) is 12.7. The van der Waals surface area contributed by atoms with Crippen LogP contribution < -0.4 is 19.8 Å². The van der Waals surface area contributed by atoms with Crippen LogP contribution in [0.2, 0.25) is 0 Å². The fraction of sp³-hybridized carbons (Fsp3) is 0.200. The minimum Gasteiger partial charge on any atom is -0.496 e. The van der Waals surface area contributed by atoms with Crippen LogP contribution >= 0.6 is 23.1 Å². The summed E-state index contributed by atoms with van der Waals surface area (Å²) in [4.78, 5) is 55.7. The molecule has 202 valence electrons. The van der Waals surface area contributed by atoms with Crippen molar-refractivity contribution in [2.45, 2.75) is 29.7 Å². The number of methoxy groups -OCH3 is 1. The number of aryl methyl sites for hydroxylation is 1. The van der Waals surface area contributed by atoms with E-state index in [-0.39, 0.29) is 29.1 Å². The second-order valence-corrected chi connectivity index (χ2v) is 11.8. The molecule has 2 aliphatic rings. The largest absolute Gasteiger partial charge is 0.496 e. The Morgan fingerprint density at radius 3 is 2.35 bits per heavy atom. The number of benzene rings is 3. The van der Waals surface area contributed by atoms with E-state index in [9.17, 15) is 19.2 Å². The molecule has 2 aliphatic heterocycles. The molecule has 8 nitrogen and oxygen atoms in total. The van der Waals surface area contributed by atoms with Gasteiger partial charge in [-0.15, -0.1) is 0 Å². The lowest BCUT2D eigenvalue weighted by Crippen LogP contribution is -2.33. The Bertz CT molecular complexity index is 1680. The van der Waals surface area contributed by atoms with Gasteiger partial charge in [-0.05, 0) is 37.3 Å². The molecular formula is C30H25N3O5S2. The summed E-state index contributed by atoms with van der Waals surface area (Å²) < 4.78 is 7.07. The van der Waals surface area contributed by atoms with Crippen molar-refractivity contribution in [2.75, 3.05) is 17.3 Å². The highest BCUT2D eigenvalue weighted by molar-refractivity contribution is 8.00. The van der Waals surface area contributed by atoms with E-state index in [1.54, 1.807) is 37.4 Å². The summed E-state index contributed by atoms with van der Waals surface area (Å²) in [6.07, 6.45) is 0. The molecule has 0 radical (unpaired) electrons. The predicted octanol–water partition coefficient (Wildman–Crippen LogP) is 4.66. The molecule has 4 aromatic rings. The minimum atomic E-state index is -0.770. The maximum Gasteiger partial charge on any atom is 0.308 e. The van der Waals surface area contributed by atoms with Crippen molar-refractivity contribution < 1.29 is 19.1 Å². The lowest BCUT2D eigenvalue weighted by atomic mass is 9.82. The first kappa shape index (κ1) is 26.1. The fourth-order valence-corrected chi connectivity index (χ4v) is 8.09. The lowest BCUT2D eigenvalue weighted by Gasteiger charge is -2.31. The predicted molar refractivity (Wildman–Crippen MR) is 155 cm³/mol. The smallest absolute Gasteiger partial charge is 0.308 e. The van der Waals surface area contributed by atoms with Gasteiger partial charge in [-0.25, -0.2) is 4.90 Å². The van der Waals surface area contributed by atoms with E-state index in [0.29, 0.717) is 27.0 Å². The van der Waals surface area contributed by atoms with Crippen LogP contribution in [0.1, 0.15) is 21.9 Å². The number of ether oxygens (including phenoxy) is 1. The summed E-state index contributed by atoms with van der Waals surface area (Å²) in [6, 6.07) is 23.6. The van der Waals surface area contributed by atoms with Crippen LogP contribution in [0.25, 0.3) is 0 Å². The van der Waals surface area contributed by atoms with E-state index in [2.05, 4.69) is 5.32 Å². The van der Waals surface area contributed by atoms with Crippen LogP contribution in [0, 0.1) is 12.8 Å². The SMILES string of the molecule is COc1ccccc1C1c2sc(=O)n(CC(=O)Nc3ccccc3)c2SC2C(=O)N(c3ccc(C)cc3)C(=O)C21. The number of fused-ring (bicyclic) bond motifs is 2. The number of amides is 3. The molecule has 0 spiro atoms. The standard InChI is InChI=1S/C30H25N3O5S2/c1-17-12-14-19(15-13-17)33-27(35)24-23(20-10-6-7-11-21(20)38-2)26-29(39-25(24)28(33)36)32(30(37)40-26)16-22(34)31-18-8-4-3-5-9-18/h3-15,23-25H,16H2,1-2H3,(H,31,34). The highest BCUT2D eigenvalue weighted by Crippen LogP contribution is 2.55. The molecule has 0 aliphatic carbocycles. The van der Waals surface area contributed by atoms with Gasteiger partial charge in [0.05, 0.1) is 23.7 Å². The Kier molecular flexibility index (Phi) is 6.81. The maximum absolute atomic E-state index is 14.0. The van der Waals surface area contributed by atoms with Gasteiger partial charge < -0.3 is 10.1 Å². The number of hydrogen-bond donors (Lipinski definition) is 1. The second kappa shape index (κ2) is 10.4. The van der Waals surface area contributed by atoms with Crippen molar-refractivity contribution in [3.8, 4) is 5.75 Å². The fourth-order valence-electron chi connectivity index (χ4n) is 5.33. The summed E-state index contributed by atoms with van der Waals surface area (Å²) in [7, 11) is 1.55. The number of hydrogen-bond acceptors (Lipinski definition) is 7. The molecule has 3 amide bonds. The second-order valence-electron chi connectivity index (χ2n) is 9.67. The summed E-state index contributed by atoms with van der Waals surface area (Å²) >= 11 is 2.20. The third kappa shape index (κ3) is 4.43. The molecule has 3 atom stereocenters. The Morgan fingerprint density at radius 1 is 0.925 bits per heavy atom. The molecule has 1 fully saturated rings. The van der Waals surface area contributed by atoms with Crippen LogP contribution in [0.3, 0.4) is 0 Å². The highest BCUT2D eigenvalue weighted by atomic mass is 32.2. The zero-order valence-corrected chi connectivity index (χ0v) is 23.3. The summed E-state index contributed by atoms with van der Waals surface area (Å²) in [5.74, 6) is -1.80. The van der Waals surface area contributed by atoms with Crippen LogP contribution in [0.5, 0.6) is 5.75 Å². The molecule has 1 aromatic heterocycles. The number of para-hydroxylation sites is 2. The molecule has 3 aromatic carbocycles. The van der Waals surface area contributed by atoms with E-state index < -0.39 is 17.1 Å². The first-order valence-corrected chi connectivity index (χ1v) is 14.4. The number of aromatic nitrogens is 1. The molecule has 10 heteroatoms. The number of thiazole rings is 1. The third-order valence-corrected chi connectivity index (χ3v) is 9.78. The number of nitrogens with zero attached hydrogens (tertiary/aromatic N) is 2. The molecule has 6 rings (SSSR count). The van der Waals surface area contributed by atoms with E-state index in [1.807, 2.05) is 55.5 Å². The molecular weight excluding hydrogens is 546 g/mol. The number of rotatable bonds is 6. The van der Waals surface area contributed by atoms with Gasteiger partial charge in [-0.2, -0.15) is 0 Å². The van der Waals surface area contributed by atoms with Gasteiger partial charge in [0.1, 0.15) is 17.5 Å². The number of thioether (sulfide) groups is 1. The molecule has 1 saturated heterocycles. The Morgan fingerprint density at radius 2 is 1.62 bits per heavy atom. The average Bonchev–Trinajstić information content (AvgIpc) is 3.40. The number of carbonyl (C=O) groups is 3. The van der Waals surface area contributed by atoms with Crippen molar-refractivity contribution in [3.63, 3.8) is 0 Å². The monoisotopic (exact) mass is 571 g/mol. The van der Waals surface area contributed by atoms with Crippen molar-refractivity contribution >= 4 is 52.2 Å². The minimum absolute atomic E-state index is 0.216. The van der Waals surface area contributed by atoms with Gasteiger partial charge in [-0.1, -0.05) is 77.2 Å². The normalized spacial score (nSPS) is 19.8. The Labute approximate surface area is 238 Å². The molecule has 0 saturated carbocycles. The van der Waals surface area contributed by atoms with Crippen LogP contribution in [0.4, 0.5) is 11.4 Å². The molecule has 3 unspecified atom stereocenters. The number of imide groups is 1. The van der Waals surface area contributed by atoms with Crippen molar-refractivity contribution in [1.82, 2.24) is 4.57 Å². The van der Waals surface area contributed by atoms with E-state index in [1.165, 1.54) is 21.2 Å². The van der Waals surface area contributed by atoms with Crippen molar-refractivity contribution in [3.05, 3.63) is 105 Å². The number of nitrogens with one attached hydrogen (secondary N) is 1. The summed E-state index contributed by atoms with van der Waals surface area (Å²) in [6.45, 7) is 1.72. The number of carbonyl (C=O) groups excluding carboxylic acids is 3. The first-order chi connectivity index (χ1) is 19.4. The van der Waals surface area contributed by atoms with E-state index in [4.69, 9.17) is 4.74 Å². The zero-order valence-electron chi connectivity index (χ0n) is 21.7. The van der Waals surface area contributed by atoms with Crippen LogP contribution in [-0.4, -0.2) is 34.6 Å². The molecule has 1 N–H and O–H groups in total. The van der Waals surface area contributed by atoms with Crippen molar-refractivity contribution in [2.24, 2.45) is 5.92 Å². The summed E-state index contributed by atoms with van der Waals surface area (Å²) in [5.41, 5.74) is 2.86. The summed E-state index contributed by atoms with van der Waals surface area (Å²) in [5, 5.41) is 2.58.